The Balaban J connectivity index is 1.90. The van der Waals surface area contributed by atoms with Gasteiger partial charge in [-0.3, -0.25) is 9.59 Å². The maximum atomic E-state index is 12.2. The summed E-state index contributed by atoms with van der Waals surface area (Å²) >= 11 is 0. The number of hydrogen-bond acceptors (Lipinski definition) is 3. The molecule has 1 aromatic rings. The number of likely N-dealkylation sites (tertiary alicyclic amines) is 1. The van der Waals surface area contributed by atoms with Crippen molar-refractivity contribution in [2.75, 3.05) is 26.7 Å². The molecule has 5 heteroatoms. The predicted molar refractivity (Wildman–Crippen MR) is 79.8 cm³/mol. The molecule has 5 nitrogen and oxygen atoms in total. The summed E-state index contributed by atoms with van der Waals surface area (Å²) in [6.45, 7) is 3.05. The van der Waals surface area contributed by atoms with Gasteiger partial charge >= 0.3 is 0 Å². The third-order valence-electron chi connectivity index (χ3n) is 4.00. The smallest absolute Gasteiger partial charge is 0.254 e. The highest BCUT2D eigenvalue weighted by molar-refractivity contribution is 5.96. The van der Waals surface area contributed by atoms with E-state index in [1.807, 2.05) is 6.07 Å². The first-order valence-corrected chi connectivity index (χ1v) is 7.25. The zero-order valence-electron chi connectivity index (χ0n) is 12.5. The monoisotopic (exact) mass is 290 g/mol. The van der Waals surface area contributed by atoms with Crippen molar-refractivity contribution in [2.24, 2.45) is 5.92 Å². The molecule has 2 amide bonds. The quantitative estimate of drug-likeness (QED) is 0.899. The van der Waals surface area contributed by atoms with Gasteiger partial charge in [-0.05, 0) is 25.5 Å². The first kappa shape index (κ1) is 15.5. The van der Waals surface area contributed by atoms with Gasteiger partial charge in [0.2, 0.25) is 5.91 Å². The number of aliphatic hydroxyl groups excluding tert-OH is 1. The molecule has 1 heterocycles. The highest BCUT2D eigenvalue weighted by Crippen LogP contribution is 2.19. The van der Waals surface area contributed by atoms with Gasteiger partial charge in [-0.2, -0.15) is 0 Å². The molecule has 2 atom stereocenters. The van der Waals surface area contributed by atoms with Gasteiger partial charge in [0, 0.05) is 31.6 Å². The second-order valence-electron chi connectivity index (χ2n) is 5.66. The van der Waals surface area contributed by atoms with Crippen molar-refractivity contribution in [2.45, 2.75) is 19.4 Å². The van der Waals surface area contributed by atoms with Crippen LogP contribution >= 0.6 is 0 Å². The van der Waals surface area contributed by atoms with E-state index in [2.05, 4.69) is 0 Å². The van der Waals surface area contributed by atoms with Crippen LogP contribution in [0.3, 0.4) is 0 Å². The summed E-state index contributed by atoms with van der Waals surface area (Å²) in [4.78, 5) is 27.6. The van der Waals surface area contributed by atoms with Crippen LogP contribution in [0, 0.1) is 5.92 Å². The number of carbonyl (C=O) groups is 2. The summed E-state index contributed by atoms with van der Waals surface area (Å²) in [6, 6.07) is 8.93. The van der Waals surface area contributed by atoms with Crippen LogP contribution in [0.2, 0.25) is 0 Å². The highest BCUT2D eigenvalue weighted by Gasteiger charge is 2.29. The summed E-state index contributed by atoms with van der Waals surface area (Å²) in [7, 11) is 1.63. The lowest BCUT2D eigenvalue weighted by molar-refractivity contribution is -0.130. The van der Waals surface area contributed by atoms with Crippen molar-refractivity contribution in [1.82, 2.24) is 9.80 Å². The van der Waals surface area contributed by atoms with E-state index in [9.17, 15) is 14.7 Å². The summed E-state index contributed by atoms with van der Waals surface area (Å²) in [5.41, 5.74) is 0.580. The van der Waals surface area contributed by atoms with E-state index in [1.54, 1.807) is 43.1 Å². The van der Waals surface area contributed by atoms with E-state index in [-0.39, 0.29) is 24.3 Å². The number of likely N-dealkylation sites (N-methyl/N-ethyl adjacent to an activating group) is 1. The topological polar surface area (TPSA) is 60.9 Å². The third kappa shape index (κ3) is 3.82. The molecule has 1 aliphatic rings. The van der Waals surface area contributed by atoms with Crippen LogP contribution < -0.4 is 0 Å². The third-order valence-corrected chi connectivity index (χ3v) is 4.00. The lowest BCUT2D eigenvalue weighted by atomic mass is 10.0. The molecule has 1 N–H and O–H groups in total. The number of benzene rings is 1. The van der Waals surface area contributed by atoms with Gasteiger partial charge in [-0.1, -0.05) is 18.2 Å². The number of aliphatic hydroxyl groups is 1. The highest BCUT2D eigenvalue weighted by atomic mass is 16.3. The fraction of sp³-hybridized carbons (Fsp3) is 0.500. The molecule has 114 valence electrons. The predicted octanol–water partition coefficient (Wildman–Crippen LogP) is 0.988. The van der Waals surface area contributed by atoms with E-state index in [1.165, 1.54) is 4.90 Å². The van der Waals surface area contributed by atoms with Crippen LogP contribution in [0.25, 0.3) is 0 Å². The van der Waals surface area contributed by atoms with Crippen molar-refractivity contribution >= 4 is 11.8 Å². The van der Waals surface area contributed by atoms with Gasteiger partial charge in [0.1, 0.15) is 0 Å². The SMILES string of the molecule is CC(O)C1CCN(C(=O)CN(C)C(=O)c2ccccc2)C1. The second kappa shape index (κ2) is 6.72. The Labute approximate surface area is 125 Å². The van der Waals surface area contributed by atoms with Crippen molar-refractivity contribution in [1.29, 1.82) is 0 Å². The molecule has 1 saturated heterocycles. The summed E-state index contributed by atoms with van der Waals surface area (Å²) in [5, 5.41) is 9.57. The second-order valence-corrected chi connectivity index (χ2v) is 5.66. The Bertz CT molecular complexity index is 502. The molecular weight excluding hydrogens is 268 g/mol. The molecule has 1 aliphatic heterocycles. The molecule has 1 aromatic carbocycles. The molecular formula is C16H22N2O3. The molecule has 0 bridgehead atoms. The number of carbonyl (C=O) groups excluding carboxylic acids is 2. The molecule has 0 radical (unpaired) electrons. The lowest BCUT2D eigenvalue weighted by Gasteiger charge is -2.22. The average molecular weight is 290 g/mol. The fourth-order valence-electron chi connectivity index (χ4n) is 2.58. The van der Waals surface area contributed by atoms with Crippen LogP contribution in [0.15, 0.2) is 30.3 Å². The van der Waals surface area contributed by atoms with Gasteiger partial charge < -0.3 is 14.9 Å². The van der Waals surface area contributed by atoms with Crippen LogP contribution in [0.1, 0.15) is 23.7 Å². The minimum absolute atomic E-state index is 0.0649. The van der Waals surface area contributed by atoms with Crippen LogP contribution in [-0.4, -0.2) is 59.5 Å². The number of amides is 2. The Morgan fingerprint density at radius 1 is 1.38 bits per heavy atom. The first-order valence-electron chi connectivity index (χ1n) is 7.25. The van der Waals surface area contributed by atoms with Crippen LogP contribution in [0.5, 0.6) is 0 Å². The maximum absolute atomic E-state index is 12.2. The van der Waals surface area contributed by atoms with Crippen molar-refractivity contribution < 1.29 is 14.7 Å². The normalized spacial score (nSPS) is 19.4. The fourth-order valence-corrected chi connectivity index (χ4v) is 2.58. The first-order chi connectivity index (χ1) is 9.99. The molecule has 0 aromatic heterocycles. The molecule has 0 aliphatic carbocycles. The molecule has 0 saturated carbocycles. The Hall–Kier alpha value is -1.88. The largest absolute Gasteiger partial charge is 0.393 e. The van der Waals surface area contributed by atoms with Gasteiger partial charge in [-0.15, -0.1) is 0 Å². The van der Waals surface area contributed by atoms with Gasteiger partial charge in [0.05, 0.1) is 12.6 Å². The molecule has 0 spiro atoms. The van der Waals surface area contributed by atoms with E-state index in [0.717, 1.165) is 6.42 Å². The molecule has 2 rings (SSSR count). The number of rotatable bonds is 4. The Morgan fingerprint density at radius 2 is 2.05 bits per heavy atom. The zero-order valence-corrected chi connectivity index (χ0v) is 12.5. The molecule has 2 unspecified atom stereocenters. The van der Waals surface area contributed by atoms with Crippen LogP contribution in [-0.2, 0) is 4.79 Å². The van der Waals surface area contributed by atoms with Gasteiger partial charge in [0.15, 0.2) is 0 Å². The number of nitrogens with zero attached hydrogens (tertiary/aromatic N) is 2. The van der Waals surface area contributed by atoms with Gasteiger partial charge in [-0.25, -0.2) is 0 Å². The van der Waals surface area contributed by atoms with E-state index in [4.69, 9.17) is 0 Å². The van der Waals surface area contributed by atoms with Gasteiger partial charge in [0.25, 0.3) is 5.91 Å². The zero-order chi connectivity index (χ0) is 15.4. The van der Waals surface area contributed by atoms with Crippen molar-refractivity contribution in [3.05, 3.63) is 35.9 Å². The summed E-state index contributed by atoms with van der Waals surface area (Å²) in [5.74, 6) is -0.0794. The standard InChI is InChI=1S/C16H22N2O3/c1-12(19)14-8-9-18(10-14)15(20)11-17(2)16(21)13-6-4-3-5-7-13/h3-7,12,14,19H,8-11H2,1-2H3. The molecule has 21 heavy (non-hydrogen) atoms. The van der Waals surface area contributed by atoms with E-state index < -0.39 is 6.10 Å². The van der Waals surface area contributed by atoms with Crippen molar-refractivity contribution in [3.8, 4) is 0 Å². The van der Waals surface area contributed by atoms with E-state index >= 15 is 0 Å². The summed E-state index contributed by atoms with van der Waals surface area (Å²) in [6.07, 6.45) is 0.422. The maximum Gasteiger partial charge on any atom is 0.254 e. The van der Waals surface area contributed by atoms with Crippen molar-refractivity contribution in [3.63, 3.8) is 0 Å². The Morgan fingerprint density at radius 3 is 2.62 bits per heavy atom. The lowest BCUT2D eigenvalue weighted by Crippen LogP contribution is -2.40. The van der Waals surface area contributed by atoms with E-state index in [0.29, 0.717) is 18.7 Å². The minimum atomic E-state index is -0.397. The minimum Gasteiger partial charge on any atom is -0.393 e. The summed E-state index contributed by atoms with van der Waals surface area (Å²) < 4.78 is 0. The Kier molecular flexibility index (Phi) is 4.96. The number of hydrogen-bond donors (Lipinski definition) is 1. The van der Waals surface area contributed by atoms with Crippen LogP contribution in [0.4, 0.5) is 0 Å². The molecule has 1 fully saturated rings. The average Bonchev–Trinajstić information content (AvgIpc) is 2.97.